The van der Waals surface area contributed by atoms with E-state index in [1.807, 2.05) is 45.2 Å². The molecule has 1 amide bonds. The van der Waals surface area contributed by atoms with Gasteiger partial charge >= 0.3 is 0 Å². The number of para-hydroxylation sites is 1. The molecule has 118 valence electrons. The van der Waals surface area contributed by atoms with Gasteiger partial charge in [-0.3, -0.25) is 4.79 Å². The van der Waals surface area contributed by atoms with Crippen LogP contribution in [0.2, 0.25) is 0 Å². The lowest BCUT2D eigenvalue weighted by molar-refractivity contribution is 0.102. The van der Waals surface area contributed by atoms with Crippen LogP contribution in [-0.2, 0) is 7.05 Å². The molecule has 23 heavy (non-hydrogen) atoms. The molecule has 1 aromatic heterocycles. The van der Waals surface area contributed by atoms with Crippen molar-refractivity contribution in [1.29, 1.82) is 0 Å². The molecule has 0 saturated carbocycles. The van der Waals surface area contributed by atoms with E-state index < -0.39 is 0 Å². The van der Waals surface area contributed by atoms with Gasteiger partial charge in [0.2, 0.25) is 5.88 Å². The zero-order chi connectivity index (χ0) is 16.6. The third kappa shape index (κ3) is 2.65. The van der Waals surface area contributed by atoms with Crippen molar-refractivity contribution in [3.8, 4) is 5.88 Å². The summed E-state index contributed by atoms with van der Waals surface area (Å²) in [5, 5.41) is 8.26. The largest absolute Gasteiger partial charge is 0.481 e. The molecule has 0 aliphatic rings. The van der Waals surface area contributed by atoms with Crippen molar-refractivity contribution in [1.82, 2.24) is 9.78 Å². The lowest BCUT2D eigenvalue weighted by Gasteiger charge is -2.11. The molecule has 0 unspecified atom stereocenters. The normalized spacial score (nSPS) is 10.8. The maximum atomic E-state index is 12.5. The van der Waals surface area contributed by atoms with E-state index in [1.165, 1.54) is 0 Å². The Hall–Kier alpha value is -2.82. The zero-order valence-corrected chi connectivity index (χ0v) is 13.7. The van der Waals surface area contributed by atoms with Crippen LogP contribution in [0.25, 0.3) is 10.9 Å². The minimum atomic E-state index is -0.145. The van der Waals surface area contributed by atoms with Crippen molar-refractivity contribution in [2.24, 2.45) is 7.05 Å². The molecule has 0 radical (unpaired) electrons. The molecule has 0 aliphatic carbocycles. The fourth-order valence-electron chi connectivity index (χ4n) is 2.76. The van der Waals surface area contributed by atoms with E-state index in [1.54, 1.807) is 23.9 Å². The van der Waals surface area contributed by atoms with Gasteiger partial charge in [-0.25, -0.2) is 4.68 Å². The number of ether oxygens (including phenoxy) is 1. The standard InChI is InChI=1S/C18H19N3O2/c1-11-6-5-7-12(2)16(11)19-17(22)13-8-9-14-15(10-13)20-21(3)18(14)23-4/h5-10H,1-4H3,(H,19,22). The molecule has 0 saturated heterocycles. The lowest BCUT2D eigenvalue weighted by atomic mass is 10.1. The highest BCUT2D eigenvalue weighted by atomic mass is 16.5. The third-order valence-electron chi connectivity index (χ3n) is 3.95. The van der Waals surface area contributed by atoms with Gasteiger partial charge in [0, 0.05) is 18.3 Å². The van der Waals surface area contributed by atoms with Gasteiger partial charge in [-0.2, -0.15) is 5.10 Å². The predicted molar refractivity (Wildman–Crippen MR) is 91.1 cm³/mol. The van der Waals surface area contributed by atoms with E-state index in [4.69, 9.17) is 4.74 Å². The first kappa shape index (κ1) is 15.1. The first-order valence-corrected chi connectivity index (χ1v) is 7.39. The highest BCUT2D eigenvalue weighted by Gasteiger charge is 2.14. The zero-order valence-electron chi connectivity index (χ0n) is 13.7. The highest BCUT2D eigenvalue weighted by Crippen LogP contribution is 2.26. The molecular formula is C18H19N3O2. The van der Waals surface area contributed by atoms with Crippen LogP contribution in [0.4, 0.5) is 5.69 Å². The molecule has 3 rings (SSSR count). The quantitative estimate of drug-likeness (QED) is 0.806. The number of hydrogen-bond donors (Lipinski definition) is 1. The van der Waals surface area contributed by atoms with Crippen molar-refractivity contribution < 1.29 is 9.53 Å². The number of carbonyl (C=O) groups excluding carboxylic acids is 1. The summed E-state index contributed by atoms with van der Waals surface area (Å²) in [5.41, 5.74) is 4.24. The molecule has 5 nitrogen and oxygen atoms in total. The van der Waals surface area contributed by atoms with Crippen molar-refractivity contribution in [3.05, 3.63) is 53.1 Å². The molecule has 0 aliphatic heterocycles. The second kappa shape index (κ2) is 5.76. The van der Waals surface area contributed by atoms with Gasteiger partial charge < -0.3 is 10.1 Å². The molecule has 1 N–H and O–H groups in total. The van der Waals surface area contributed by atoms with Gasteiger partial charge in [0.05, 0.1) is 18.0 Å². The van der Waals surface area contributed by atoms with Gasteiger partial charge in [0.25, 0.3) is 5.91 Å². The Bertz CT molecular complexity index is 876. The van der Waals surface area contributed by atoms with Crippen LogP contribution in [0.5, 0.6) is 5.88 Å². The van der Waals surface area contributed by atoms with Gasteiger partial charge in [0.15, 0.2) is 0 Å². The van der Waals surface area contributed by atoms with Crippen molar-refractivity contribution in [3.63, 3.8) is 0 Å². The summed E-state index contributed by atoms with van der Waals surface area (Å²) < 4.78 is 6.99. The first-order chi connectivity index (χ1) is 11.0. The Kier molecular flexibility index (Phi) is 3.78. The minimum Gasteiger partial charge on any atom is -0.481 e. The average Bonchev–Trinajstić information content (AvgIpc) is 2.84. The predicted octanol–water partition coefficient (Wildman–Crippen LogP) is 3.45. The maximum absolute atomic E-state index is 12.5. The van der Waals surface area contributed by atoms with Crippen molar-refractivity contribution in [2.75, 3.05) is 12.4 Å². The van der Waals surface area contributed by atoms with Gasteiger partial charge in [0.1, 0.15) is 0 Å². The van der Waals surface area contributed by atoms with Crippen molar-refractivity contribution >= 4 is 22.5 Å². The number of methoxy groups -OCH3 is 1. The van der Waals surface area contributed by atoms with E-state index in [-0.39, 0.29) is 5.91 Å². The fourth-order valence-corrected chi connectivity index (χ4v) is 2.76. The summed E-state index contributed by atoms with van der Waals surface area (Å²) in [4.78, 5) is 12.5. The van der Waals surface area contributed by atoms with Crippen LogP contribution >= 0.6 is 0 Å². The number of amides is 1. The van der Waals surface area contributed by atoms with E-state index in [0.717, 1.165) is 27.7 Å². The summed E-state index contributed by atoms with van der Waals surface area (Å²) in [6.45, 7) is 3.96. The smallest absolute Gasteiger partial charge is 0.255 e. The van der Waals surface area contributed by atoms with Gasteiger partial charge in [-0.15, -0.1) is 0 Å². The fraction of sp³-hybridized carbons (Fsp3) is 0.222. The number of hydrogen-bond acceptors (Lipinski definition) is 3. The molecule has 5 heteroatoms. The number of aromatic nitrogens is 2. The number of fused-ring (bicyclic) bond motifs is 1. The first-order valence-electron chi connectivity index (χ1n) is 7.39. The molecule has 0 bridgehead atoms. The Morgan fingerprint density at radius 2 is 1.87 bits per heavy atom. The summed E-state index contributed by atoms with van der Waals surface area (Å²) >= 11 is 0. The molecule has 0 fully saturated rings. The molecule has 2 aromatic carbocycles. The Morgan fingerprint density at radius 3 is 2.52 bits per heavy atom. The summed E-state index contributed by atoms with van der Waals surface area (Å²) in [6.07, 6.45) is 0. The third-order valence-corrected chi connectivity index (χ3v) is 3.95. The number of nitrogens with zero attached hydrogens (tertiary/aromatic N) is 2. The maximum Gasteiger partial charge on any atom is 0.255 e. The molecule has 3 aromatic rings. The molecule has 1 heterocycles. The van der Waals surface area contributed by atoms with Gasteiger partial charge in [-0.05, 0) is 43.2 Å². The van der Waals surface area contributed by atoms with Crippen molar-refractivity contribution in [2.45, 2.75) is 13.8 Å². The van der Waals surface area contributed by atoms with E-state index in [9.17, 15) is 4.79 Å². The van der Waals surface area contributed by atoms with Crippen LogP contribution in [0.15, 0.2) is 36.4 Å². The minimum absolute atomic E-state index is 0.145. The van der Waals surface area contributed by atoms with Crippen LogP contribution in [0.1, 0.15) is 21.5 Å². The molecular weight excluding hydrogens is 290 g/mol. The number of benzene rings is 2. The number of anilines is 1. The number of rotatable bonds is 3. The topological polar surface area (TPSA) is 56.1 Å². The molecule has 0 atom stereocenters. The molecule has 0 spiro atoms. The lowest BCUT2D eigenvalue weighted by Crippen LogP contribution is -2.13. The van der Waals surface area contributed by atoms with E-state index in [2.05, 4.69) is 10.4 Å². The SMILES string of the molecule is COc1c2ccc(C(=O)Nc3c(C)cccc3C)cc2nn1C. The number of nitrogens with one attached hydrogen (secondary N) is 1. The highest BCUT2D eigenvalue weighted by molar-refractivity contribution is 6.07. The Balaban J connectivity index is 1.95. The van der Waals surface area contributed by atoms with Crippen LogP contribution < -0.4 is 10.1 Å². The van der Waals surface area contributed by atoms with Crippen LogP contribution in [0, 0.1) is 13.8 Å². The summed E-state index contributed by atoms with van der Waals surface area (Å²) in [5.74, 6) is 0.538. The summed E-state index contributed by atoms with van der Waals surface area (Å²) in [7, 11) is 3.42. The number of carbonyl (C=O) groups is 1. The van der Waals surface area contributed by atoms with Crippen LogP contribution in [-0.4, -0.2) is 22.8 Å². The Labute approximate surface area is 134 Å². The second-order valence-electron chi connectivity index (χ2n) is 5.59. The number of aryl methyl sites for hydroxylation is 3. The average molecular weight is 309 g/mol. The summed E-state index contributed by atoms with van der Waals surface area (Å²) in [6, 6.07) is 11.4. The van der Waals surface area contributed by atoms with Crippen LogP contribution in [0.3, 0.4) is 0 Å². The van der Waals surface area contributed by atoms with E-state index >= 15 is 0 Å². The second-order valence-corrected chi connectivity index (χ2v) is 5.59. The monoisotopic (exact) mass is 309 g/mol. The van der Waals surface area contributed by atoms with E-state index in [0.29, 0.717) is 11.4 Å². The van der Waals surface area contributed by atoms with Gasteiger partial charge in [-0.1, -0.05) is 18.2 Å². The Morgan fingerprint density at radius 1 is 1.17 bits per heavy atom.